The normalized spacial score (nSPS) is 14.0. The molecule has 0 atom stereocenters. The van der Waals surface area contributed by atoms with Gasteiger partial charge in [-0.15, -0.1) is 0 Å². The van der Waals surface area contributed by atoms with Crippen LogP contribution < -0.4 is 14.9 Å². The van der Waals surface area contributed by atoms with E-state index in [4.69, 9.17) is 0 Å². The van der Waals surface area contributed by atoms with Crippen molar-refractivity contribution in [3.63, 3.8) is 0 Å². The highest BCUT2D eigenvalue weighted by Gasteiger charge is 2.20. The Morgan fingerprint density at radius 3 is 2.09 bits per heavy atom. The van der Waals surface area contributed by atoms with Gasteiger partial charge < -0.3 is 10.2 Å². The average Bonchev–Trinajstić information content (AvgIpc) is 2.82. The van der Waals surface area contributed by atoms with Crippen molar-refractivity contribution in [2.75, 3.05) is 28.0 Å². The number of sulfonamides is 1. The minimum atomic E-state index is -3.86. The van der Waals surface area contributed by atoms with Crippen molar-refractivity contribution in [1.29, 1.82) is 0 Å². The number of benzene rings is 3. The quantitative estimate of drug-likeness (QED) is 0.481. The number of hydrogen-bond acceptors (Lipinski definition) is 4. The Balaban J connectivity index is 1.50. The lowest BCUT2D eigenvalue weighted by molar-refractivity contribution is 0.102. The summed E-state index contributed by atoms with van der Waals surface area (Å²) in [7, 11) is -3.86. The Hall–Kier alpha value is -3.32. The molecule has 3 aromatic carbocycles. The number of piperidine rings is 1. The monoisotopic (exact) mass is 477 g/mol. The summed E-state index contributed by atoms with van der Waals surface area (Å²) in [5, 5.41) is 2.88. The standard InChI is InChI=1S/C27H31N3O3S/c1-19-8-10-24(17-21(19)3)29-34(32,33)26-18-22(9-7-20(26)2)27(31)28-23-11-13-25(14-12-23)30-15-5-4-6-16-30/h7-14,17-18,29H,4-6,15-16H2,1-3H3,(H,28,31). The number of nitrogens with one attached hydrogen (secondary N) is 2. The van der Waals surface area contributed by atoms with Crippen LogP contribution in [0, 0.1) is 20.8 Å². The summed E-state index contributed by atoms with van der Waals surface area (Å²) in [4.78, 5) is 15.3. The summed E-state index contributed by atoms with van der Waals surface area (Å²) in [6, 6.07) is 17.9. The maximum absolute atomic E-state index is 13.1. The van der Waals surface area contributed by atoms with E-state index < -0.39 is 10.0 Å². The molecule has 178 valence electrons. The van der Waals surface area contributed by atoms with Gasteiger partial charge in [-0.25, -0.2) is 8.42 Å². The van der Waals surface area contributed by atoms with Crippen LogP contribution >= 0.6 is 0 Å². The van der Waals surface area contributed by atoms with E-state index in [1.54, 1.807) is 31.2 Å². The van der Waals surface area contributed by atoms with E-state index in [0.717, 1.165) is 29.9 Å². The smallest absolute Gasteiger partial charge is 0.262 e. The van der Waals surface area contributed by atoms with Gasteiger partial charge in [0.2, 0.25) is 0 Å². The molecule has 1 aliphatic rings. The zero-order valence-corrected chi connectivity index (χ0v) is 20.7. The van der Waals surface area contributed by atoms with Crippen LogP contribution in [0.5, 0.6) is 0 Å². The van der Waals surface area contributed by atoms with Gasteiger partial charge in [0.05, 0.1) is 4.90 Å². The summed E-state index contributed by atoms with van der Waals surface area (Å²) in [5.74, 6) is -0.353. The molecule has 0 spiro atoms. The molecular weight excluding hydrogens is 446 g/mol. The fourth-order valence-electron chi connectivity index (χ4n) is 4.16. The fourth-order valence-corrected chi connectivity index (χ4v) is 5.48. The predicted molar refractivity (Wildman–Crippen MR) is 138 cm³/mol. The molecule has 34 heavy (non-hydrogen) atoms. The minimum absolute atomic E-state index is 0.0822. The summed E-state index contributed by atoms with van der Waals surface area (Å²) in [6.45, 7) is 7.74. The second-order valence-electron chi connectivity index (χ2n) is 8.93. The van der Waals surface area contributed by atoms with Crippen LogP contribution in [0.3, 0.4) is 0 Å². The third-order valence-corrected chi connectivity index (χ3v) is 7.87. The van der Waals surface area contributed by atoms with Gasteiger partial charge in [0.25, 0.3) is 15.9 Å². The third kappa shape index (κ3) is 5.42. The average molecular weight is 478 g/mol. The van der Waals surface area contributed by atoms with E-state index in [2.05, 4.69) is 14.9 Å². The first-order valence-corrected chi connectivity index (χ1v) is 13.1. The molecule has 2 N–H and O–H groups in total. The SMILES string of the molecule is Cc1ccc(NS(=O)(=O)c2cc(C(=O)Nc3ccc(N4CCCCC4)cc3)ccc2C)cc1C. The van der Waals surface area contributed by atoms with Crippen molar-refractivity contribution in [2.24, 2.45) is 0 Å². The number of amides is 1. The van der Waals surface area contributed by atoms with Crippen molar-refractivity contribution < 1.29 is 13.2 Å². The third-order valence-electron chi connectivity index (χ3n) is 6.35. The molecule has 0 aromatic heterocycles. The number of anilines is 3. The van der Waals surface area contributed by atoms with Gasteiger partial charge in [0.15, 0.2) is 0 Å². The predicted octanol–water partition coefficient (Wildman–Crippen LogP) is 5.66. The molecule has 1 heterocycles. The molecule has 0 bridgehead atoms. The molecule has 7 heteroatoms. The zero-order chi connectivity index (χ0) is 24.3. The van der Waals surface area contributed by atoms with E-state index >= 15 is 0 Å². The Labute approximate surface area is 202 Å². The summed E-state index contributed by atoms with van der Waals surface area (Å²) in [6.07, 6.45) is 3.68. The molecule has 0 aliphatic carbocycles. The second kappa shape index (κ2) is 9.89. The molecule has 1 aliphatic heterocycles. The van der Waals surface area contributed by atoms with Crippen molar-refractivity contribution in [1.82, 2.24) is 0 Å². The van der Waals surface area contributed by atoms with Gasteiger partial charge >= 0.3 is 0 Å². The Bertz CT molecular complexity index is 1300. The molecule has 1 amide bonds. The van der Waals surface area contributed by atoms with Gasteiger partial charge in [-0.05, 0) is 105 Å². The van der Waals surface area contributed by atoms with Crippen LogP contribution in [0.15, 0.2) is 65.6 Å². The van der Waals surface area contributed by atoms with Crippen molar-refractivity contribution in [3.05, 3.63) is 82.9 Å². The fraction of sp³-hybridized carbons (Fsp3) is 0.296. The van der Waals surface area contributed by atoms with Crippen LogP contribution in [-0.2, 0) is 10.0 Å². The molecule has 6 nitrogen and oxygen atoms in total. The van der Waals surface area contributed by atoms with E-state index in [1.807, 2.05) is 44.2 Å². The van der Waals surface area contributed by atoms with Gasteiger partial charge in [-0.3, -0.25) is 9.52 Å². The first kappa shape index (κ1) is 23.8. The topological polar surface area (TPSA) is 78.5 Å². The summed E-state index contributed by atoms with van der Waals surface area (Å²) in [5.41, 5.74) is 5.25. The van der Waals surface area contributed by atoms with Crippen molar-refractivity contribution >= 4 is 33.0 Å². The van der Waals surface area contributed by atoms with Crippen molar-refractivity contribution in [3.8, 4) is 0 Å². The molecular formula is C27H31N3O3S. The lowest BCUT2D eigenvalue weighted by Gasteiger charge is -2.28. The molecule has 0 unspecified atom stereocenters. The van der Waals surface area contributed by atoms with Crippen molar-refractivity contribution in [2.45, 2.75) is 44.9 Å². The van der Waals surface area contributed by atoms with E-state index in [9.17, 15) is 13.2 Å². The zero-order valence-electron chi connectivity index (χ0n) is 19.9. The number of rotatable bonds is 6. The van der Waals surface area contributed by atoms with Crippen LogP contribution in [-0.4, -0.2) is 27.4 Å². The Morgan fingerprint density at radius 2 is 1.41 bits per heavy atom. The second-order valence-corrected chi connectivity index (χ2v) is 10.6. The van der Waals surface area contributed by atoms with Gasteiger partial charge in [0.1, 0.15) is 0 Å². The van der Waals surface area contributed by atoms with Gasteiger partial charge in [-0.2, -0.15) is 0 Å². The maximum atomic E-state index is 13.1. The van der Waals surface area contributed by atoms with Gasteiger partial charge in [0, 0.05) is 35.7 Å². The highest BCUT2D eigenvalue weighted by atomic mass is 32.2. The molecule has 0 saturated carbocycles. The first-order valence-electron chi connectivity index (χ1n) is 11.6. The number of carbonyl (C=O) groups excluding carboxylic acids is 1. The largest absolute Gasteiger partial charge is 0.372 e. The van der Waals surface area contributed by atoms with Gasteiger partial charge in [-0.1, -0.05) is 12.1 Å². The van der Waals surface area contributed by atoms with E-state index in [0.29, 0.717) is 16.9 Å². The number of aryl methyl sites for hydroxylation is 3. The number of nitrogens with zero attached hydrogens (tertiary/aromatic N) is 1. The highest BCUT2D eigenvalue weighted by Crippen LogP contribution is 2.24. The molecule has 3 aromatic rings. The summed E-state index contributed by atoms with van der Waals surface area (Å²) < 4.78 is 28.8. The molecule has 1 saturated heterocycles. The number of hydrogen-bond donors (Lipinski definition) is 2. The lowest BCUT2D eigenvalue weighted by atomic mass is 10.1. The molecule has 0 radical (unpaired) electrons. The van der Waals surface area contributed by atoms with Crippen LogP contribution in [0.1, 0.15) is 46.3 Å². The van der Waals surface area contributed by atoms with Crippen LogP contribution in [0.25, 0.3) is 0 Å². The Kier molecular flexibility index (Phi) is 6.93. The van der Waals surface area contributed by atoms with E-state index in [1.165, 1.54) is 25.3 Å². The highest BCUT2D eigenvalue weighted by molar-refractivity contribution is 7.92. The Morgan fingerprint density at radius 1 is 0.765 bits per heavy atom. The molecule has 4 rings (SSSR count). The maximum Gasteiger partial charge on any atom is 0.262 e. The summed E-state index contributed by atoms with van der Waals surface area (Å²) >= 11 is 0. The molecule has 1 fully saturated rings. The van der Waals surface area contributed by atoms with Crippen LogP contribution in [0.4, 0.5) is 17.1 Å². The lowest BCUT2D eigenvalue weighted by Crippen LogP contribution is -2.29. The number of carbonyl (C=O) groups is 1. The van der Waals surface area contributed by atoms with E-state index in [-0.39, 0.29) is 16.4 Å². The minimum Gasteiger partial charge on any atom is -0.372 e. The first-order chi connectivity index (χ1) is 16.2. The van der Waals surface area contributed by atoms with Crippen LogP contribution in [0.2, 0.25) is 0 Å².